The molecule has 3 aromatic rings. The summed E-state index contributed by atoms with van der Waals surface area (Å²) in [7, 11) is 0. The van der Waals surface area contributed by atoms with Gasteiger partial charge in [0.1, 0.15) is 11.8 Å². The van der Waals surface area contributed by atoms with Gasteiger partial charge in [0.15, 0.2) is 0 Å². The van der Waals surface area contributed by atoms with Crippen LogP contribution in [0.25, 0.3) is 10.9 Å². The van der Waals surface area contributed by atoms with Crippen molar-refractivity contribution in [3.05, 3.63) is 64.3 Å². The molecule has 1 atom stereocenters. The highest BCUT2D eigenvalue weighted by atomic mass is 35.5. The third-order valence-electron chi connectivity index (χ3n) is 6.66. The number of fused-ring (bicyclic) bond motifs is 3. The van der Waals surface area contributed by atoms with Crippen LogP contribution in [0.2, 0.25) is 5.02 Å². The van der Waals surface area contributed by atoms with Gasteiger partial charge in [0.25, 0.3) is 0 Å². The van der Waals surface area contributed by atoms with Gasteiger partial charge < -0.3 is 19.4 Å². The molecule has 1 aliphatic heterocycles. The SMILES string of the molecule is CCCN(CC)CCCOc1ccc([C@H]2c3[nH]c4ccc(Cl)cc4c3CCN2C(=O)OCC)cc1. The summed E-state index contributed by atoms with van der Waals surface area (Å²) in [5.74, 6) is 0.842. The van der Waals surface area contributed by atoms with Crippen LogP contribution < -0.4 is 4.74 Å². The van der Waals surface area contributed by atoms with E-state index in [4.69, 9.17) is 21.1 Å². The molecule has 1 amide bonds. The van der Waals surface area contributed by atoms with E-state index >= 15 is 0 Å². The fourth-order valence-electron chi connectivity index (χ4n) is 4.98. The molecule has 35 heavy (non-hydrogen) atoms. The van der Waals surface area contributed by atoms with Crippen LogP contribution in [0.5, 0.6) is 5.75 Å². The smallest absolute Gasteiger partial charge is 0.410 e. The molecule has 6 nitrogen and oxygen atoms in total. The van der Waals surface area contributed by atoms with E-state index < -0.39 is 0 Å². The number of rotatable bonds is 10. The summed E-state index contributed by atoms with van der Waals surface area (Å²) in [5, 5.41) is 1.83. The third kappa shape index (κ3) is 5.76. The normalized spacial score (nSPS) is 15.5. The molecule has 0 aliphatic carbocycles. The second-order valence-corrected chi connectivity index (χ2v) is 9.39. The number of halogens is 1. The van der Waals surface area contributed by atoms with Gasteiger partial charge in [0.2, 0.25) is 0 Å². The molecule has 1 aromatic heterocycles. The zero-order valence-electron chi connectivity index (χ0n) is 21.0. The zero-order chi connectivity index (χ0) is 24.8. The van der Waals surface area contributed by atoms with Gasteiger partial charge in [-0.2, -0.15) is 0 Å². The van der Waals surface area contributed by atoms with E-state index in [0.717, 1.165) is 60.4 Å². The van der Waals surface area contributed by atoms with E-state index in [1.54, 1.807) is 0 Å². The van der Waals surface area contributed by atoms with Crippen LogP contribution in [0, 0.1) is 0 Å². The molecule has 2 heterocycles. The Labute approximate surface area is 213 Å². The molecule has 0 fully saturated rings. The topological polar surface area (TPSA) is 57.8 Å². The molecular formula is C28H36ClN3O3. The summed E-state index contributed by atoms with van der Waals surface area (Å²) in [4.78, 5) is 20.7. The summed E-state index contributed by atoms with van der Waals surface area (Å²) in [6.07, 6.45) is 2.62. The van der Waals surface area contributed by atoms with Gasteiger partial charge in [-0.05, 0) is 80.7 Å². The summed E-state index contributed by atoms with van der Waals surface area (Å²) < 4.78 is 11.4. The van der Waals surface area contributed by atoms with E-state index in [2.05, 4.69) is 35.9 Å². The highest BCUT2D eigenvalue weighted by Crippen LogP contribution is 2.39. The number of aromatic amines is 1. The molecule has 0 saturated heterocycles. The van der Waals surface area contributed by atoms with Gasteiger partial charge in [-0.3, -0.25) is 4.90 Å². The van der Waals surface area contributed by atoms with Crippen molar-refractivity contribution >= 4 is 28.6 Å². The lowest BCUT2D eigenvalue weighted by Crippen LogP contribution is -2.40. The first kappa shape index (κ1) is 25.4. The Balaban J connectivity index is 1.54. The van der Waals surface area contributed by atoms with Crippen molar-refractivity contribution in [3.63, 3.8) is 0 Å². The molecule has 0 saturated carbocycles. The highest BCUT2D eigenvalue weighted by molar-refractivity contribution is 6.31. The first-order valence-electron chi connectivity index (χ1n) is 12.7. The maximum atomic E-state index is 12.9. The lowest BCUT2D eigenvalue weighted by Gasteiger charge is -2.35. The first-order valence-corrected chi connectivity index (χ1v) is 13.1. The van der Waals surface area contributed by atoms with Crippen molar-refractivity contribution in [1.82, 2.24) is 14.8 Å². The van der Waals surface area contributed by atoms with Crippen LogP contribution in [-0.4, -0.2) is 60.3 Å². The molecule has 0 radical (unpaired) electrons. The molecule has 0 bridgehead atoms. The molecule has 4 rings (SSSR count). The minimum atomic E-state index is -0.298. The number of carbonyl (C=O) groups is 1. The number of nitrogens with one attached hydrogen (secondary N) is 1. The summed E-state index contributed by atoms with van der Waals surface area (Å²) in [6, 6.07) is 13.7. The number of amides is 1. The Morgan fingerprint density at radius 2 is 1.94 bits per heavy atom. The van der Waals surface area contributed by atoms with Gasteiger partial charge in [-0.15, -0.1) is 0 Å². The number of aromatic nitrogens is 1. The van der Waals surface area contributed by atoms with Crippen molar-refractivity contribution in [1.29, 1.82) is 0 Å². The van der Waals surface area contributed by atoms with E-state index in [1.165, 1.54) is 12.0 Å². The van der Waals surface area contributed by atoms with Gasteiger partial charge in [-0.1, -0.05) is 37.6 Å². The fourth-order valence-corrected chi connectivity index (χ4v) is 5.15. The molecule has 1 N–H and O–H groups in total. The molecule has 7 heteroatoms. The van der Waals surface area contributed by atoms with Crippen LogP contribution in [0.3, 0.4) is 0 Å². The number of nitrogens with zero attached hydrogens (tertiary/aromatic N) is 2. The average molecular weight is 498 g/mol. The fraction of sp³-hybridized carbons (Fsp3) is 0.464. The molecule has 188 valence electrons. The van der Waals surface area contributed by atoms with Gasteiger partial charge in [0, 0.05) is 34.7 Å². The Kier molecular flexibility index (Phi) is 8.58. The summed E-state index contributed by atoms with van der Waals surface area (Å²) in [6.45, 7) is 11.1. The number of H-pyrrole nitrogens is 1. The van der Waals surface area contributed by atoms with Gasteiger partial charge in [-0.25, -0.2) is 4.79 Å². The van der Waals surface area contributed by atoms with Crippen molar-refractivity contribution in [2.75, 3.05) is 39.4 Å². The predicted octanol–water partition coefficient (Wildman–Crippen LogP) is 6.43. The van der Waals surface area contributed by atoms with Crippen LogP contribution in [0.1, 0.15) is 56.5 Å². The van der Waals surface area contributed by atoms with E-state index in [1.807, 2.05) is 42.2 Å². The van der Waals surface area contributed by atoms with Crippen molar-refractivity contribution in [3.8, 4) is 5.75 Å². The lowest BCUT2D eigenvalue weighted by atomic mass is 9.92. The van der Waals surface area contributed by atoms with E-state index in [0.29, 0.717) is 24.8 Å². The van der Waals surface area contributed by atoms with Gasteiger partial charge in [0.05, 0.1) is 13.2 Å². The van der Waals surface area contributed by atoms with Crippen LogP contribution in [-0.2, 0) is 11.2 Å². The van der Waals surface area contributed by atoms with Crippen LogP contribution in [0.4, 0.5) is 4.79 Å². The van der Waals surface area contributed by atoms with Gasteiger partial charge >= 0.3 is 6.09 Å². The lowest BCUT2D eigenvalue weighted by molar-refractivity contribution is 0.0932. The van der Waals surface area contributed by atoms with Crippen LogP contribution >= 0.6 is 11.6 Å². The maximum Gasteiger partial charge on any atom is 0.410 e. The molecule has 0 unspecified atom stereocenters. The quantitative estimate of drug-likeness (QED) is 0.328. The van der Waals surface area contributed by atoms with E-state index in [-0.39, 0.29) is 12.1 Å². The van der Waals surface area contributed by atoms with Crippen molar-refractivity contribution in [2.24, 2.45) is 0 Å². The standard InChI is InChI=1S/C28H36ClN3O3/c1-4-15-31(5-2)16-7-18-35-22-11-8-20(9-12-22)27-26-23(14-17-32(27)28(33)34-6-3)24-19-21(29)10-13-25(24)30-26/h8-13,19,27,30H,4-7,14-18H2,1-3H3/t27-/m0/s1. The molecular weight excluding hydrogens is 462 g/mol. The monoisotopic (exact) mass is 497 g/mol. The maximum absolute atomic E-state index is 12.9. The minimum Gasteiger partial charge on any atom is -0.494 e. The molecule has 0 spiro atoms. The van der Waals surface area contributed by atoms with Crippen molar-refractivity contribution in [2.45, 2.75) is 46.1 Å². The second-order valence-electron chi connectivity index (χ2n) is 8.96. The Bertz CT molecular complexity index is 1130. The molecule has 1 aliphatic rings. The second kappa shape index (κ2) is 11.8. The number of benzene rings is 2. The number of hydrogen-bond acceptors (Lipinski definition) is 4. The largest absolute Gasteiger partial charge is 0.494 e. The number of ether oxygens (including phenoxy) is 2. The average Bonchev–Trinajstić information content (AvgIpc) is 3.23. The summed E-state index contributed by atoms with van der Waals surface area (Å²) in [5.41, 5.74) is 4.27. The number of carbonyl (C=O) groups excluding carboxylic acids is 1. The number of hydrogen-bond donors (Lipinski definition) is 1. The Morgan fingerprint density at radius 1 is 1.14 bits per heavy atom. The predicted molar refractivity (Wildman–Crippen MR) is 142 cm³/mol. The Hall–Kier alpha value is -2.70. The van der Waals surface area contributed by atoms with E-state index in [9.17, 15) is 4.79 Å². The van der Waals surface area contributed by atoms with Crippen molar-refractivity contribution < 1.29 is 14.3 Å². The minimum absolute atomic E-state index is 0.259. The first-order chi connectivity index (χ1) is 17.0. The third-order valence-corrected chi connectivity index (χ3v) is 6.90. The zero-order valence-corrected chi connectivity index (χ0v) is 21.7. The molecule has 2 aromatic carbocycles. The van der Waals surface area contributed by atoms with Crippen LogP contribution in [0.15, 0.2) is 42.5 Å². The summed E-state index contributed by atoms with van der Waals surface area (Å²) >= 11 is 6.29. The Morgan fingerprint density at radius 3 is 2.66 bits per heavy atom. The highest BCUT2D eigenvalue weighted by Gasteiger charge is 2.35.